The smallest absolute Gasteiger partial charge is 0.229 e. The van der Waals surface area contributed by atoms with E-state index in [0.29, 0.717) is 24.7 Å². The molecule has 2 aromatic rings. The maximum absolute atomic E-state index is 12.5. The lowest BCUT2D eigenvalue weighted by molar-refractivity contribution is -0.131. The van der Waals surface area contributed by atoms with Crippen LogP contribution < -0.4 is 5.73 Å². The number of hydrogen-bond donors (Lipinski definition) is 1. The summed E-state index contributed by atoms with van der Waals surface area (Å²) in [4.78, 5) is 22.8. The molecule has 1 fully saturated rings. The first-order valence-electron chi connectivity index (χ1n) is 7.11. The Morgan fingerprint density at radius 2 is 2.14 bits per heavy atom. The van der Waals surface area contributed by atoms with Crippen LogP contribution in [0.15, 0.2) is 42.9 Å². The molecular formula is C16H18N4O. The molecule has 1 aliphatic carbocycles. The second-order valence-corrected chi connectivity index (χ2v) is 5.37. The van der Waals surface area contributed by atoms with Gasteiger partial charge in [0.1, 0.15) is 0 Å². The van der Waals surface area contributed by atoms with E-state index in [2.05, 4.69) is 9.97 Å². The van der Waals surface area contributed by atoms with Crippen molar-refractivity contribution < 1.29 is 4.79 Å². The van der Waals surface area contributed by atoms with Crippen LogP contribution in [0.2, 0.25) is 0 Å². The Kier molecular flexibility index (Phi) is 3.81. The summed E-state index contributed by atoms with van der Waals surface area (Å²) in [5.74, 6) is 0.110. The highest BCUT2D eigenvalue weighted by atomic mass is 16.2. The molecule has 5 heteroatoms. The Balaban J connectivity index is 1.69. The number of anilines is 1. The van der Waals surface area contributed by atoms with Crippen molar-refractivity contribution in [3.63, 3.8) is 0 Å². The highest BCUT2D eigenvalue weighted by Gasteiger charge is 2.32. The van der Waals surface area contributed by atoms with E-state index in [1.807, 2.05) is 29.3 Å². The lowest BCUT2D eigenvalue weighted by atomic mass is 10.2. The third kappa shape index (κ3) is 3.56. The number of aromatic nitrogens is 2. The van der Waals surface area contributed by atoms with E-state index < -0.39 is 0 Å². The molecule has 0 radical (unpaired) electrons. The first-order valence-corrected chi connectivity index (χ1v) is 7.11. The van der Waals surface area contributed by atoms with E-state index in [1.54, 1.807) is 18.5 Å². The van der Waals surface area contributed by atoms with Crippen LogP contribution in [-0.2, 0) is 17.8 Å². The molecule has 0 atom stereocenters. The molecule has 1 saturated carbocycles. The van der Waals surface area contributed by atoms with E-state index in [0.717, 1.165) is 24.1 Å². The van der Waals surface area contributed by atoms with Gasteiger partial charge in [-0.25, -0.2) is 0 Å². The Morgan fingerprint density at radius 1 is 1.29 bits per heavy atom. The minimum atomic E-state index is 0.110. The molecule has 0 aromatic carbocycles. The zero-order valence-corrected chi connectivity index (χ0v) is 11.8. The van der Waals surface area contributed by atoms with Crippen molar-refractivity contribution in [2.75, 3.05) is 5.73 Å². The zero-order chi connectivity index (χ0) is 14.7. The molecule has 5 nitrogen and oxygen atoms in total. The number of nitrogen functional groups attached to an aromatic ring is 1. The maximum Gasteiger partial charge on any atom is 0.229 e. The van der Waals surface area contributed by atoms with Crippen molar-refractivity contribution in [2.24, 2.45) is 0 Å². The number of rotatable bonds is 5. The van der Waals surface area contributed by atoms with Gasteiger partial charge in [0.25, 0.3) is 0 Å². The molecule has 1 aliphatic rings. The second kappa shape index (κ2) is 5.91. The average molecular weight is 282 g/mol. The Hall–Kier alpha value is -2.43. The van der Waals surface area contributed by atoms with Crippen LogP contribution in [-0.4, -0.2) is 26.8 Å². The van der Waals surface area contributed by atoms with Gasteiger partial charge in [-0.2, -0.15) is 0 Å². The van der Waals surface area contributed by atoms with Gasteiger partial charge in [-0.1, -0.05) is 6.07 Å². The summed E-state index contributed by atoms with van der Waals surface area (Å²) in [6.07, 6.45) is 7.62. The topological polar surface area (TPSA) is 72.1 Å². The first-order chi connectivity index (χ1) is 10.2. The van der Waals surface area contributed by atoms with Gasteiger partial charge in [0.15, 0.2) is 0 Å². The number of pyridine rings is 2. The molecule has 3 rings (SSSR count). The van der Waals surface area contributed by atoms with Crippen molar-refractivity contribution in [1.29, 1.82) is 0 Å². The SMILES string of the molecule is Nc1ccc(CC(=O)N(Cc2cccnc2)C2CC2)nc1. The summed E-state index contributed by atoms with van der Waals surface area (Å²) in [6.45, 7) is 0.617. The van der Waals surface area contributed by atoms with Crippen LogP contribution in [0.3, 0.4) is 0 Å². The lowest BCUT2D eigenvalue weighted by Crippen LogP contribution is -2.34. The van der Waals surface area contributed by atoms with E-state index in [9.17, 15) is 4.79 Å². The van der Waals surface area contributed by atoms with Gasteiger partial charge >= 0.3 is 0 Å². The number of carbonyl (C=O) groups excluding carboxylic acids is 1. The van der Waals surface area contributed by atoms with E-state index in [1.165, 1.54) is 0 Å². The van der Waals surface area contributed by atoms with Gasteiger partial charge in [0.2, 0.25) is 5.91 Å². The molecule has 2 heterocycles. The van der Waals surface area contributed by atoms with Gasteiger partial charge in [0, 0.05) is 30.7 Å². The molecular weight excluding hydrogens is 264 g/mol. The maximum atomic E-state index is 12.5. The van der Waals surface area contributed by atoms with Gasteiger partial charge in [-0.3, -0.25) is 14.8 Å². The van der Waals surface area contributed by atoms with E-state index >= 15 is 0 Å². The number of carbonyl (C=O) groups is 1. The molecule has 0 spiro atoms. The fourth-order valence-electron chi connectivity index (χ4n) is 2.29. The monoisotopic (exact) mass is 282 g/mol. The van der Waals surface area contributed by atoms with Gasteiger partial charge in [-0.15, -0.1) is 0 Å². The largest absolute Gasteiger partial charge is 0.397 e. The predicted octanol–water partition coefficient (Wildman–Crippen LogP) is 1.79. The Labute approximate surface area is 123 Å². The third-order valence-electron chi connectivity index (χ3n) is 3.56. The molecule has 0 saturated heterocycles. The highest BCUT2D eigenvalue weighted by molar-refractivity contribution is 5.79. The fraction of sp³-hybridized carbons (Fsp3) is 0.312. The van der Waals surface area contributed by atoms with Crippen molar-refractivity contribution in [2.45, 2.75) is 31.8 Å². The second-order valence-electron chi connectivity index (χ2n) is 5.37. The number of hydrogen-bond acceptors (Lipinski definition) is 4. The molecule has 2 N–H and O–H groups in total. The summed E-state index contributed by atoms with van der Waals surface area (Å²) in [6, 6.07) is 7.84. The van der Waals surface area contributed by atoms with Crippen molar-refractivity contribution in [1.82, 2.24) is 14.9 Å². The van der Waals surface area contributed by atoms with Crippen molar-refractivity contribution in [3.05, 3.63) is 54.1 Å². The highest BCUT2D eigenvalue weighted by Crippen LogP contribution is 2.28. The predicted molar refractivity (Wildman–Crippen MR) is 80.2 cm³/mol. The fourth-order valence-corrected chi connectivity index (χ4v) is 2.29. The molecule has 21 heavy (non-hydrogen) atoms. The standard InChI is InChI=1S/C16H18N4O/c17-13-3-4-14(19-10-13)8-16(21)20(15-5-6-15)11-12-2-1-7-18-9-12/h1-4,7,9-10,15H,5-6,8,11,17H2. The summed E-state index contributed by atoms with van der Waals surface area (Å²) in [5, 5.41) is 0. The van der Waals surface area contributed by atoms with Gasteiger partial charge in [0.05, 0.1) is 18.3 Å². The number of amides is 1. The summed E-state index contributed by atoms with van der Waals surface area (Å²) >= 11 is 0. The molecule has 2 aromatic heterocycles. The van der Waals surface area contributed by atoms with Crippen LogP contribution in [0.25, 0.3) is 0 Å². The summed E-state index contributed by atoms with van der Waals surface area (Å²) in [5.41, 5.74) is 8.04. The van der Waals surface area contributed by atoms with E-state index in [-0.39, 0.29) is 5.91 Å². The molecule has 108 valence electrons. The van der Waals surface area contributed by atoms with Crippen LogP contribution >= 0.6 is 0 Å². The molecule has 0 unspecified atom stereocenters. The normalized spacial score (nSPS) is 13.9. The Morgan fingerprint density at radius 3 is 2.76 bits per heavy atom. The summed E-state index contributed by atoms with van der Waals surface area (Å²) < 4.78 is 0. The van der Waals surface area contributed by atoms with Crippen LogP contribution in [0.5, 0.6) is 0 Å². The molecule has 0 aliphatic heterocycles. The molecule has 1 amide bonds. The number of nitrogens with two attached hydrogens (primary N) is 1. The van der Waals surface area contributed by atoms with Gasteiger partial charge < -0.3 is 10.6 Å². The summed E-state index contributed by atoms with van der Waals surface area (Å²) in [7, 11) is 0. The minimum Gasteiger partial charge on any atom is -0.397 e. The average Bonchev–Trinajstić information content (AvgIpc) is 3.33. The van der Waals surface area contributed by atoms with Crippen LogP contribution in [0.1, 0.15) is 24.1 Å². The van der Waals surface area contributed by atoms with Crippen LogP contribution in [0.4, 0.5) is 5.69 Å². The van der Waals surface area contributed by atoms with Crippen LogP contribution in [0, 0.1) is 0 Å². The first kappa shape index (κ1) is 13.5. The zero-order valence-electron chi connectivity index (χ0n) is 11.8. The van der Waals surface area contributed by atoms with Crippen molar-refractivity contribution in [3.8, 4) is 0 Å². The third-order valence-corrected chi connectivity index (χ3v) is 3.56. The minimum absolute atomic E-state index is 0.110. The van der Waals surface area contributed by atoms with Gasteiger partial charge in [-0.05, 0) is 36.6 Å². The van der Waals surface area contributed by atoms with E-state index in [4.69, 9.17) is 5.73 Å². The number of nitrogens with zero attached hydrogens (tertiary/aromatic N) is 3. The molecule has 0 bridgehead atoms. The van der Waals surface area contributed by atoms with Crippen molar-refractivity contribution >= 4 is 11.6 Å². The Bertz CT molecular complexity index is 608. The lowest BCUT2D eigenvalue weighted by Gasteiger charge is -2.22. The quantitative estimate of drug-likeness (QED) is 0.907.